The maximum atomic E-state index is 13.6. The number of halogens is 2. The number of aryl methyl sites for hydroxylation is 1. The van der Waals surface area contributed by atoms with Gasteiger partial charge in [-0.05, 0) is 30.7 Å². The smallest absolute Gasteiger partial charge is 0.292 e. The lowest BCUT2D eigenvalue weighted by atomic mass is 10.1. The van der Waals surface area contributed by atoms with E-state index in [-0.39, 0.29) is 22.8 Å². The Morgan fingerprint density at radius 3 is 2.75 bits per heavy atom. The molecule has 0 fully saturated rings. The predicted octanol–water partition coefficient (Wildman–Crippen LogP) is 4.31. The molecule has 2 aromatic carbocycles. The fourth-order valence-electron chi connectivity index (χ4n) is 1.83. The first-order valence-corrected chi connectivity index (χ1v) is 6.28. The van der Waals surface area contributed by atoms with E-state index >= 15 is 0 Å². The second-order valence-electron chi connectivity index (χ2n) is 4.33. The van der Waals surface area contributed by atoms with Crippen LogP contribution in [-0.2, 0) is 6.54 Å². The molecule has 0 saturated carbocycles. The monoisotopic (exact) mass is 294 g/mol. The van der Waals surface area contributed by atoms with Crippen LogP contribution in [0.2, 0.25) is 5.02 Å². The Hall–Kier alpha value is -2.14. The number of hydrogen-bond acceptors (Lipinski definition) is 3. The van der Waals surface area contributed by atoms with Crippen molar-refractivity contribution in [3.8, 4) is 0 Å². The van der Waals surface area contributed by atoms with Crippen molar-refractivity contribution in [1.82, 2.24) is 0 Å². The van der Waals surface area contributed by atoms with Crippen molar-refractivity contribution in [3.05, 3.63) is 68.5 Å². The maximum absolute atomic E-state index is 13.6. The Balaban J connectivity index is 2.25. The number of anilines is 1. The highest BCUT2D eigenvalue weighted by atomic mass is 35.5. The third-order valence-corrected chi connectivity index (χ3v) is 3.22. The van der Waals surface area contributed by atoms with Gasteiger partial charge in [-0.3, -0.25) is 10.1 Å². The summed E-state index contributed by atoms with van der Waals surface area (Å²) >= 11 is 5.91. The Kier molecular flexibility index (Phi) is 4.20. The number of nitro benzene ring substituents is 1. The molecule has 1 N–H and O–H groups in total. The van der Waals surface area contributed by atoms with Crippen LogP contribution in [0.4, 0.5) is 15.8 Å². The molecule has 0 saturated heterocycles. The molecule has 0 radical (unpaired) electrons. The molecule has 0 aliphatic carbocycles. The molecule has 2 aromatic rings. The molecule has 0 amide bonds. The summed E-state index contributed by atoms with van der Waals surface area (Å²) in [5.74, 6) is -0.445. The van der Waals surface area contributed by atoms with Crippen LogP contribution in [-0.4, -0.2) is 4.92 Å². The van der Waals surface area contributed by atoms with E-state index in [4.69, 9.17) is 11.6 Å². The van der Waals surface area contributed by atoms with E-state index in [1.807, 2.05) is 0 Å². The van der Waals surface area contributed by atoms with Crippen LogP contribution >= 0.6 is 11.6 Å². The van der Waals surface area contributed by atoms with E-state index in [1.54, 1.807) is 25.1 Å². The molecule has 0 spiro atoms. The Labute approximate surface area is 120 Å². The molecule has 0 unspecified atom stereocenters. The van der Waals surface area contributed by atoms with Crippen LogP contribution in [0, 0.1) is 22.9 Å². The minimum Gasteiger partial charge on any atom is -0.375 e. The molecule has 6 heteroatoms. The highest BCUT2D eigenvalue weighted by Gasteiger charge is 2.14. The molecule has 0 aliphatic heterocycles. The molecule has 0 aromatic heterocycles. The zero-order valence-corrected chi connectivity index (χ0v) is 11.4. The summed E-state index contributed by atoms with van der Waals surface area (Å²) in [6.07, 6.45) is 0. The lowest BCUT2D eigenvalue weighted by Gasteiger charge is -2.10. The van der Waals surface area contributed by atoms with Crippen molar-refractivity contribution in [2.75, 3.05) is 5.32 Å². The van der Waals surface area contributed by atoms with Gasteiger partial charge in [0.1, 0.15) is 11.5 Å². The summed E-state index contributed by atoms with van der Waals surface area (Å²) in [4.78, 5) is 10.5. The molecule has 104 valence electrons. The van der Waals surface area contributed by atoms with Gasteiger partial charge in [-0.1, -0.05) is 23.7 Å². The number of nitro groups is 1. The van der Waals surface area contributed by atoms with Crippen LogP contribution in [0.3, 0.4) is 0 Å². The number of benzene rings is 2. The van der Waals surface area contributed by atoms with Crippen LogP contribution in [0.25, 0.3) is 0 Å². The Morgan fingerprint density at radius 1 is 1.35 bits per heavy atom. The zero-order valence-electron chi connectivity index (χ0n) is 10.7. The third-order valence-electron chi connectivity index (χ3n) is 2.87. The van der Waals surface area contributed by atoms with Gasteiger partial charge in [0, 0.05) is 23.2 Å². The minimum atomic E-state index is -0.474. The van der Waals surface area contributed by atoms with E-state index in [2.05, 4.69) is 5.32 Å². The zero-order chi connectivity index (χ0) is 14.7. The minimum absolute atomic E-state index is 0.0440. The van der Waals surface area contributed by atoms with Gasteiger partial charge in [-0.2, -0.15) is 0 Å². The number of nitrogens with zero attached hydrogens (tertiary/aromatic N) is 1. The molecule has 0 heterocycles. The summed E-state index contributed by atoms with van der Waals surface area (Å²) in [6, 6.07) is 9.19. The molecule has 0 bridgehead atoms. The first-order valence-electron chi connectivity index (χ1n) is 5.91. The first kappa shape index (κ1) is 14.3. The van der Waals surface area contributed by atoms with Crippen molar-refractivity contribution in [1.29, 1.82) is 0 Å². The largest absolute Gasteiger partial charge is 0.375 e. The van der Waals surface area contributed by atoms with E-state index in [0.29, 0.717) is 5.69 Å². The lowest BCUT2D eigenvalue weighted by Crippen LogP contribution is -2.05. The highest BCUT2D eigenvalue weighted by Crippen LogP contribution is 2.27. The molecule has 2 rings (SSSR count). The fraction of sp³-hybridized carbons (Fsp3) is 0.143. The van der Waals surface area contributed by atoms with E-state index in [9.17, 15) is 14.5 Å². The van der Waals surface area contributed by atoms with Gasteiger partial charge in [0.25, 0.3) is 5.69 Å². The lowest BCUT2D eigenvalue weighted by molar-refractivity contribution is -0.384. The van der Waals surface area contributed by atoms with Gasteiger partial charge in [-0.25, -0.2) is 4.39 Å². The molecular formula is C14H12ClFN2O2. The van der Waals surface area contributed by atoms with Crippen molar-refractivity contribution in [2.45, 2.75) is 13.5 Å². The van der Waals surface area contributed by atoms with Gasteiger partial charge in [0.15, 0.2) is 0 Å². The van der Waals surface area contributed by atoms with E-state index < -0.39 is 10.7 Å². The summed E-state index contributed by atoms with van der Waals surface area (Å²) in [5, 5.41) is 14.1. The highest BCUT2D eigenvalue weighted by molar-refractivity contribution is 6.31. The average Bonchev–Trinajstić information content (AvgIpc) is 2.39. The molecule has 0 aliphatic rings. The number of rotatable bonds is 4. The first-order chi connectivity index (χ1) is 9.49. The second-order valence-corrected chi connectivity index (χ2v) is 4.74. The van der Waals surface area contributed by atoms with Gasteiger partial charge in [0.2, 0.25) is 0 Å². The summed E-state index contributed by atoms with van der Waals surface area (Å²) < 4.78 is 13.6. The summed E-state index contributed by atoms with van der Waals surface area (Å²) in [6.45, 7) is 1.85. The molecule has 4 nitrogen and oxygen atoms in total. The predicted molar refractivity (Wildman–Crippen MR) is 76.6 cm³/mol. The SMILES string of the molecule is Cc1ccc(NCc2c(F)cccc2Cl)c([N+](=O)[O-])c1. The van der Waals surface area contributed by atoms with Crippen LogP contribution < -0.4 is 5.32 Å². The van der Waals surface area contributed by atoms with E-state index in [1.165, 1.54) is 18.2 Å². The summed E-state index contributed by atoms with van der Waals surface area (Å²) in [7, 11) is 0. The van der Waals surface area contributed by atoms with Gasteiger partial charge in [-0.15, -0.1) is 0 Å². The van der Waals surface area contributed by atoms with Crippen LogP contribution in [0.15, 0.2) is 36.4 Å². The molecule has 20 heavy (non-hydrogen) atoms. The third kappa shape index (κ3) is 3.05. The maximum Gasteiger partial charge on any atom is 0.292 e. The van der Waals surface area contributed by atoms with Crippen LogP contribution in [0.1, 0.15) is 11.1 Å². The van der Waals surface area contributed by atoms with Gasteiger partial charge in [0.05, 0.1) is 4.92 Å². The fourth-order valence-corrected chi connectivity index (χ4v) is 2.06. The summed E-state index contributed by atoms with van der Waals surface area (Å²) in [5.41, 5.74) is 1.35. The number of hydrogen-bond donors (Lipinski definition) is 1. The second kappa shape index (κ2) is 5.88. The van der Waals surface area contributed by atoms with Crippen molar-refractivity contribution < 1.29 is 9.31 Å². The number of nitrogens with one attached hydrogen (secondary N) is 1. The Morgan fingerprint density at radius 2 is 2.10 bits per heavy atom. The van der Waals surface area contributed by atoms with E-state index in [0.717, 1.165) is 5.56 Å². The molecule has 0 atom stereocenters. The molecular weight excluding hydrogens is 283 g/mol. The van der Waals surface area contributed by atoms with Gasteiger partial charge < -0.3 is 5.32 Å². The van der Waals surface area contributed by atoms with Crippen molar-refractivity contribution in [3.63, 3.8) is 0 Å². The van der Waals surface area contributed by atoms with Gasteiger partial charge >= 0.3 is 0 Å². The van der Waals surface area contributed by atoms with Crippen molar-refractivity contribution >= 4 is 23.0 Å². The normalized spacial score (nSPS) is 10.3. The Bertz CT molecular complexity index is 641. The topological polar surface area (TPSA) is 55.2 Å². The average molecular weight is 295 g/mol. The van der Waals surface area contributed by atoms with Crippen LogP contribution in [0.5, 0.6) is 0 Å². The quantitative estimate of drug-likeness (QED) is 0.675. The van der Waals surface area contributed by atoms with Crippen molar-refractivity contribution in [2.24, 2.45) is 0 Å². The standard InChI is InChI=1S/C14H12ClFN2O2/c1-9-5-6-13(14(7-9)18(19)20)17-8-10-11(15)3-2-4-12(10)16/h2-7,17H,8H2,1H3.